The molecule has 0 aliphatic carbocycles. The summed E-state index contributed by atoms with van der Waals surface area (Å²) in [5, 5.41) is 9.52. The zero-order valence-electron chi connectivity index (χ0n) is 12.4. The second-order valence-electron chi connectivity index (χ2n) is 4.45. The summed E-state index contributed by atoms with van der Waals surface area (Å²) in [6.45, 7) is -0.994. The molecule has 6 N–H and O–H groups in total. The summed E-state index contributed by atoms with van der Waals surface area (Å²) in [5.41, 5.74) is 5.68. The highest BCUT2D eigenvalue weighted by Gasteiger charge is 2.08. The summed E-state index contributed by atoms with van der Waals surface area (Å²) in [4.78, 5) is 45.2. The van der Waals surface area contributed by atoms with Crippen LogP contribution in [0.5, 0.6) is 0 Å². The summed E-state index contributed by atoms with van der Waals surface area (Å²) < 4.78 is 0. The van der Waals surface area contributed by atoms with Crippen molar-refractivity contribution in [2.75, 3.05) is 31.5 Å². The standard InChI is InChI=1S/C14H19N5O4/c15-6-11(20)16-7-12(21)17-8-13(22)18-9-14(23)19-10-4-2-1-3-5-10/h1-5H,6-9,15H2,(H,16,20)(H,17,21)(H,18,22)(H,19,23). The number of carbonyl (C=O) groups is 4. The Hall–Kier alpha value is -2.94. The number of carbonyl (C=O) groups excluding carboxylic acids is 4. The van der Waals surface area contributed by atoms with Crippen molar-refractivity contribution in [3.8, 4) is 0 Å². The van der Waals surface area contributed by atoms with Gasteiger partial charge in [0.05, 0.1) is 26.2 Å². The van der Waals surface area contributed by atoms with E-state index in [1.165, 1.54) is 0 Å². The summed E-state index contributed by atoms with van der Waals surface area (Å²) in [6.07, 6.45) is 0. The predicted molar refractivity (Wildman–Crippen MR) is 83.2 cm³/mol. The molecule has 0 spiro atoms. The lowest BCUT2D eigenvalue weighted by Gasteiger charge is -2.08. The normalized spacial score (nSPS) is 9.61. The highest BCUT2D eigenvalue weighted by atomic mass is 16.2. The average molecular weight is 321 g/mol. The molecule has 0 saturated carbocycles. The topological polar surface area (TPSA) is 142 Å². The van der Waals surface area contributed by atoms with Crippen molar-refractivity contribution in [1.82, 2.24) is 16.0 Å². The van der Waals surface area contributed by atoms with E-state index in [1.54, 1.807) is 24.3 Å². The van der Waals surface area contributed by atoms with E-state index in [2.05, 4.69) is 21.3 Å². The first-order valence-electron chi connectivity index (χ1n) is 6.86. The van der Waals surface area contributed by atoms with Crippen molar-refractivity contribution < 1.29 is 19.2 Å². The number of para-hydroxylation sites is 1. The van der Waals surface area contributed by atoms with Gasteiger partial charge in [-0.2, -0.15) is 0 Å². The molecule has 124 valence electrons. The van der Waals surface area contributed by atoms with Crippen LogP contribution in [0.1, 0.15) is 0 Å². The van der Waals surface area contributed by atoms with E-state index in [-0.39, 0.29) is 32.1 Å². The quantitative estimate of drug-likeness (QED) is 0.374. The van der Waals surface area contributed by atoms with Crippen molar-refractivity contribution in [1.29, 1.82) is 0 Å². The van der Waals surface area contributed by atoms with E-state index in [0.29, 0.717) is 5.69 Å². The van der Waals surface area contributed by atoms with E-state index in [9.17, 15) is 19.2 Å². The smallest absolute Gasteiger partial charge is 0.243 e. The van der Waals surface area contributed by atoms with Crippen molar-refractivity contribution in [3.05, 3.63) is 30.3 Å². The number of rotatable bonds is 8. The number of benzene rings is 1. The predicted octanol–water partition coefficient (Wildman–Crippen LogP) is -2.07. The lowest BCUT2D eigenvalue weighted by atomic mass is 10.3. The Morgan fingerprint density at radius 1 is 0.739 bits per heavy atom. The second kappa shape index (κ2) is 9.90. The highest BCUT2D eigenvalue weighted by Crippen LogP contribution is 2.03. The first kappa shape index (κ1) is 18.1. The minimum Gasteiger partial charge on any atom is -0.346 e. The first-order chi connectivity index (χ1) is 11.0. The van der Waals surface area contributed by atoms with Gasteiger partial charge in [0.15, 0.2) is 0 Å². The maximum Gasteiger partial charge on any atom is 0.243 e. The number of amides is 4. The van der Waals surface area contributed by atoms with Crippen LogP contribution in [0.25, 0.3) is 0 Å². The van der Waals surface area contributed by atoms with Crippen LogP contribution in [0, 0.1) is 0 Å². The van der Waals surface area contributed by atoms with Crippen LogP contribution in [-0.4, -0.2) is 49.8 Å². The average Bonchev–Trinajstić information content (AvgIpc) is 2.56. The van der Waals surface area contributed by atoms with Gasteiger partial charge < -0.3 is 27.0 Å². The first-order valence-corrected chi connectivity index (χ1v) is 6.86. The van der Waals surface area contributed by atoms with Gasteiger partial charge >= 0.3 is 0 Å². The molecule has 0 aliphatic rings. The molecule has 0 unspecified atom stereocenters. The fourth-order valence-electron chi connectivity index (χ4n) is 1.46. The van der Waals surface area contributed by atoms with Gasteiger partial charge in [-0.25, -0.2) is 0 Å². The van der Waals surface area contributed by atoms with Gasteiger partial charge in [-0.05, 0) is 12.1 Å². The minimum atomic E-state index is -0.532. The lowest BCUT2D eigenvalue weighted by molar-refractivity contribution is -0.127. The Kier molecular flexibility index (Phi) is 7.79. The molecule has 23 heavy (non-hydrogen) atoms. The van der Waals surface area contributed by atoms with E-state index >= 15 is 0 Å². The number of hydrogen-bond acceptors (Lipinski definition) is 5. The molecule has 0 aromatic heterocycles. The van der Waals surface area contributed by atoms with Crippen molar-refractivity contribution in [2.24, 2.45) is 5.73 Å². The molecule has 0 fully saturated rings. The molecule has 1 aromatic rings. The number of hydrogen-bond donors (Lipinski definition) is 5. The van der Waals surface area contributed by atoms with E-state index < -0.39 is 17.7 Å². The van der Waals surface area contributed by atoms with Crippen molar-refractivity contribution in [3.63, 3.8) is 0 Å². The van der Waals surface area contributed by atoms with Crippen LogP contribution in [-0.2, 0) is 19.2 Å². The molecule has 0 aliphatic heterocycles. The van der Waals surface area contributed by atoms with Gasteiger partial charge in [0.2, 0.25) is 23.6 Å². The molecule has 0 bridgehead atoms. The van der Waals surface area contributed by atoms with E-state index in [0.717, 1.165) is 0 Å². The number of anilines is 1. The second-order valence-corrected chi connectivity index (χ2v) is 4.45. The minimum absolute atomic E-state index is 0.215. The monoisotopic (exact) mass is 321 g/mol. The molecule has 9 heteroatoms. The molecular formula is C14H19N5O4. The van der Waals surface area contributed by atoms with E-state index in [1.807, 2.05) is 6.07 Å². The fourth-order valence-corrected chi connectivity index (χ4v) is 1.46. The maximum atomic E-state index is 11.6. The van der Waals surface area contributed by atoms with Crippen LogP contribution < -0.4 is 27.0 Å². The lowest BCUT2D eigenvalue weighted by Crippen LogP contribution is -2.44. The zero-order valence-corrected chi connectivity index (χ0v) is 12.4. The summed E-state index contributed by atoms with van der Waals surface area (Å²) in [5.74, 6) is -1.91. The fraction of sp³-hybridized carbons (Fsp3) is 0.286. The van der Waals surface area contributed by atoms with Crippen LogP contribution >= 0.6 is 0 Å². The molecule has 0 saturated heterocycles. The Morgan fingerprint density at radius 3 is 1.74 bits per heavy atom. The Morgan fingerprint density at radius 2 is 1.22 bits per heavy atom. The van der Waals surface area contributed by atoms with Crippen LogP contribution in [0.2, 0.25) is 0 Å². The third-order valence-corrected chi connectivity index (χ3v) is 2.58. The highest BCUT2D eigenvalue weighted by molar-refractivity contribution is 5.95. The Labute approximate surface area is 133 Å². The number of nitrogens with one attached hydrogen (secondary N) is 4. The van der Waals surface area contributed by atoms with Gasteiger partial charge in [0.1, 0.15) is 0 Å². The largest absolute Gasteiger partial charge is 0.346 e. The molecule has 0 heterocycles. The van der Waals surface area contributed by atoms with Gasteiger partial charge in [0.25, 0.3) is 0 Å². The molecule has 0 radical (unpaired) electrons. The Balaban J connectivity index is 2.17. The van der Waals surface area contributed by atoms with Gasteiger partial charge in [-0.1, -0.05) is 18.2 Å². The molecule has 1 rings (SSSR count). The van der Waals surface area contributed by atoms with Crippen LogP contribution in [0.15, 0.2) is 30.3 Å². The third-order valence-electron chi connectivity index (χ3n) is 2.58. The SMILES string of the molecule is NCC(=O)NCC(=O)NCC(=O)NCC(=O)Nc1ccccc1. The van der Waals surface area contributed by atoms with Gasteiger partial charge in [0, 0.05) is 5.69 Å². The van der Waals surface area contributed by atoms with Crippen molar-refractivity contribution in [2.45, 2.75) is 0 Å². The Bertz CT molecular complexity index is 562. The van der Waals surface area contributed by atoms with E-state index in [4.69, 9.17) is 5.73 Å². The molecular weight excluding hydrogens is 302 g/mol. The molecule has 9 nitrogen and oxygen atoms in total. The molecule has 0 atom stereocenters. The number of nitrogens with two attached hydrogens (primary N) is 1. The summed E-state index contributed by atoms with van der Waals surface area (Å²) in [7, 11) is 0. The van der Waals surface area contributed by atoms with Gasteiger partial charge in [-0.15, -0.1) is 0 Å². The van der Waals surface area contributed by atoms with Crippen LogP contribution in [0.4, 0.5) is 5.69 Å². The van der Waals surface area contributed by atoms with Crippen LogP contribution in [0.3, 0.4) is 0 Å². The summed E-state index contributed by atoms with van der Waals surface area (Å²) >= 11 is 0. The zero-order chi connectivity index (χ0) is 17.1. The maximum absolute atomic E-state index is 11.6. The summed E-state index contributed by atoms with van der Waals surface area (Å²) in [6, 6.07) is 8.79. The van der Waals surface area contributed by atoms with Crippen molar-refractivity contribution >= 4 is 29.3 Å². The van der Waals surface area contributed by atoms with Gasteiger partial charge in [-0.3, -0.25) is 19.2 Å². The molecule has 4 amide bonds. The molecule has 1 aromatic carbocycles. The third kappa shape index (κ3) is 8.17.